The highest BCUT2D eigenvalue weighted by Crippen LogP contribution is 2.37. The van der Waals surface area contributed by atoms with Gasteiger partial charge in [0.15, 0.2) is 0 Å². The fraction of sp³-hybridized carbons (Fsp3) is 0.571. The molecule has 2 atom stereocenters. The number of benzene rings is 2. The largest absolute Gasteiger partial charge is 0.373 e. The predicted octanol–water partition coefficient (Wildman–Crippen LogP) is 7.68. The van der Waals surface area contributed by atoms with E-state index >= 15 is 0 Å². The Morgan fingerprint density at radius 3 is 1.90 bits per heavy atom. The summed E-state index contributed by atoms with van der Waals surface area (Å²) in [6.07, 6.45) is 10.7. The van der Waals surface area contributed by atoms with Crippen molar-refractivity contribution < 1.29 is 9.47 Å². The molecule has 2 aliphatic rings. The van der Waals surface area contributed by atoms with Gasteiger partial charge in [-0.05, 0) is 66.2 Å². The molecule has 0 amide bonds. The quantitative estimate of drug-likeness (QED) is 0.469. The molecule has 1 aliphatic heterocycles. The summed E-state index contributed by atoms with van der Waals surface area (Å²) in [5.41, 5.74) is 5.32. The normalized spacial score (nSPS) is 27.1. The molecule has 1 aliphatic carbocycles. The summed E-state index contributed by atoms with van der Waals surface area (Å²) in [4.78, 5) is 0. The lowest BCUT2D eigenvalue weighted by Gasteiger charge is -2.30. The van der Waals surface area contributed by atoms with Crippen molar-refractivity contribution in [1.29, 1.82) is 0 Å². The van der Waals surface area contributed by atoms with Crippen molar-refractivity contribution in [3.63, 3.8) is 0 Å². The SMILES string of the molecule is CCCC[C@@H]1CO[C@@H](c2ccc(-c3ccc([C@H]4CC[C@H](CC)CC4)cc3)cc2)CO1. The van der Waals surface area contributed by atoms with E-state index in [1.165, 1.54) is 67.2 Å². The van der Waals surface area contributed by atoms with Gasteiger partial charge in [0, 0.05) is 0 Å². The van der Waals surface area contributed by atoms with Crippen LogP contribution in [-0.4, -0.2) is 19.3 Å². The Labute approximate surface area is 183 Å². The van der Waals surface area contributed by atoms with Crippen LogP contribution in [0.4, 0.5) is 0 Å². The first-order valence-electron chi connectivity index (χ1n) is 12.2. The number of hydrogen-bond acceptors (Lipinski definition) is 2. The second kappa shape index (κ2) is 10.6. The highest BCUT2D eigenvalue weighted by molar-refractivity contribution is 5.64. The molecule has 1 saturated heterocycles. The molecular weight excluding hydrogens is 368 g/mol. The van der Waals surface area contributed by atoms with Gasteiger partial charge in [-0.2, -0.15) is 0 Å². The van der Waals surface area contributed by atoms with Crippen molar-refractivity contribution in [2.45, 2.75) is 83.3 Å². The Balaban J connectivity index is 1.33. The molecule has 4 rings (SSSR count). The van der Waals surface area contributed by atoms with Crippen molar-refractivity contribution in [2.75, 3.05) is 13.2 Å². The topological polar surface area (TPSA) is 18.5 Å². The summed E-state index contributed by atoms with van der Waals surface area (Å²) in [6, 6.07) is 18.2. The summed E-state index contributed by atoms with van der Waals surface area (Å²) >= 11 is 0. The molecule has 2 heteroatoms. The molecule has 2 aromatic carbocycles. The average Bonchev–Trinajstić information content (AvgIpc) is 2.83. The van der Waals surface area contributed by atoms with E-state index in [-0.39, 0.29) is 12.2 Å². The molecule has 0 radical (unpaired) electrons. The van der Waals surface area contributed by atoms with Gasteiger partial charge in [0.05, 0.1) is 19.3 Å². The summed E-state index contributed by atoms with van der Waals surface area (Å²) in [5, 5.41) is 0. The molecule has 2 aromatic rings. The fourth-order valence-electron chi connectivity index (χ4n) is 5.08. The van der Waals surface area contributed by atoms with Gasteiger partial charge in [-0.15, -0.1) is 0 Å². The fourth-order valence-corrected chi connectivity index (χ4v) is 5.08. The van der Waals surface area contributed by atoms with E-state index < -0.39 is 0 Å². The zero-order chi connectivity index (χ0) is 20.8. The van der Waals surface area contributed by atoms with Crippen LogP contribution in [-0.2, 0) is 9.47 Å². The zero-order valence-corrected chi connectivity index (χ0v) is 18.8. The summed E-state index contributed by atoms with van der Waals surface area (Å²) in [7, 11) is 0. The highest BCUT2D eigenvalue weighted by Gasteiger charge is 2.23. The number of ether oxygens (including phenoxy) is 2. The third-order valence-electron chi connectivity index (χ3n) is 7.27. The Morgan fingerprint density at radius 1 is 0.733 bits per heavy atom. The summed E-state index contributed by atoms with van der Waals surface area (Å²) in [6.45, 7) is 5.94. The molecule has 0 aromatic heterocycles. The van der Waals surface area contributed by atoms with Gasteiger partial charge in [0.1, 0.15) is 6.10 Å². The molecule has 0 N–H and O–H groups in total. The maximum Gasteiger partial charge on any atom is 0.106 e. The highest BCUT2D eigenvalue weighted by atomic mass is 16.6. The molecule has 1 saturated carbocycles. The first-order chi connectivity index (χ1) is 14.8. The van der Waals surface area contributed by atoms with Gasteiger partial charge in [0.2, 0.25) is 0 Å². The van der Waals surface area contributed by atoms with Gasteiger partial charge in [-0.25, -0.2) is 0 Å². The summed E-state index contributed by atoms with van der Waals surface area (Å²) in [5.74, 6) is 1.72. The molecule has 2 nitrogen and oxygen atoms in total. The first kappa shape index (κ1) is 21.6. The number of rotatable bonds is 7. The van der Waals surface area contributed by atoms with Crippen LogP contribution in [0.3, 0.4) is 0 Å². The molecule has 0 spiro atoms. The van der Waals surface area contributed by atoms with Crippen LogP contribution < -0.4 is 0 Å². The lowest BCUT2D eigenvalue weighted by Crippen LogP contribution is -2.31. The molecule has 1 heterocycles. The van der Waals surface area contributed by atoms with Gasteiger partial charge >= 0.3 is 0 Å². The Hall–Kier alpha value is -1.64. The van der Waals surface area contributed by atoms with Crippen LogP contribution in [0.5, 0.6) is 0 Å². The van der Waals surface area contributed by atoms with Crippen LogP contribution in [0.1, 0.15) is 88.4 Å². The van der Waals surface area contributed by atoms with E-state index in [2.05, 4.69) is 62.4 Å². The van der Waals surface area contributed by atoms with E-state index in [0.29, 0.717) is 13.2 Å². The first-order valence-corrected chi connectivity index (χ1v) is 12.2. The maximum absolute atomic E-state index is 6.09. The lowest BCUT2D eigenvalue weighted by atomic mass is 9.77. The molecule has 0 bridgehead atoms. The van der Waals surface area contributed by atoms with Crippen LogP contribution in [0.25, 0.3) is 11.1 Å². The van der Waals surface area contributed by atoms with Gasteiger partial charge < -0.3 is 9.47 Å². The predicted molar refractivity (Wildman–Crippen MR) is 125 cm³/mol. The van der Waals surface area contributed by atoms with Crippen molar-refractivity contribution in [3.05, 3.63) is 59.7 Å². The van der Waals surface area contributed by atoms with Crippen molar-refractivity contribution in [2.24, 2.45) is 5.92 Å². The van der Waals surface area contributed by atoms with Crippen LogP contribution in [0.2, 0.25) is 0 Å². The van der Waals surface area contributed by atoms with E-state index in [0.717, 1.165) is 18.3 Å². The average molecular weight is 407 g/mol. The number of unbranched alkanes of at least 4 members (excludes halogenated alkanes) is 1. The minimum atomic E-state index is 0.0672. The van der Waals surface area contributed by atoms with Gasteiger partial charge in [-0.1, -0.05) is 81.6 Å². The second-order valence-corrected chi connectivity index (χ2v) is 9.29. The van der Waals surface area contributed by atoms with Gasteiger partial charge in [-0.3, -0.25) is 0 Å². The summed E-state index contributed by atoms with van der Waals surface area (Å²) < 4.78 is 12.1. The van der Waals surface area contributed by atoms with Crippen molar-refractivity contribution >= 4 is 0 Å². The standard InChI is InChI=1S/C28H38O2/c1-3-5-6-27-19-30-28(20-29-27)26-17-15-25(16-18-26)24-13-11-23(12-14-24)22-9-7-21(4-2)8-10-22/h11-18,21-22,27-28H,3-10,19-20H2,1-2H3/t21-,22-,27-,28-/m1/s1. The Kier molecular flexibility index (Phi) is 7.62. The Morgan fingerprint density at radius 2 is 1.37 bits per heavy atom. The molecule has 0 unspecified atom stereocenters. The van der Waals surface area contributed by atoms with Crippen molar-refractivity contribution in [3.8, 4) is 11.1 Å². The third kappa shape index (κ3) is 5.34. The molecule has 2 fully saturated rings. The van der Waals surface area contributed by atoms with Crippen LogP contribution in [0.15, 0.2) is 48.5 Å². The van der Waals surface area contributed by atoms with E-state index in [9.17, 15) is 0 Å². The smallest absolute Gasteiger partial charge is 0.106 e. The minimum absolute atomic E-state index is 0.0672. The van der Waals surface area contributed by atoms with Gasteiger partial charge in [0.25, 0.3) is 0 Å². The maximum atomic E-state index is 6.09. The Bertz CT molecular complexity index is 748. The van der Waals surface area contributed by atoms with Crippen LogP contribution >= 0.6 is 0 Å². The third-order valence-corrected chi connectivity index (χ3v) is 7.27. The minimum Gasteiger partial charge on any atom is -0.373 e. The molecule has 162 valence electrons. The van der Waals surface area contributed by atoms with E-state index in [1.54, 1.807) is 0 Å². The molecular formula is C28H38O2. The van der Waals surface area contributed by atoms with E-state index in [4.69, 9.17) is 9.47 Å². The number of hydrogen-bond donors (Lipinski definition) is 0. The zero-order valence-electron chi connectivity index (χ0n) is 18.8. The van der Waals surface area contributed by atoms with Crippen LogP contribution in [0, 0.1) is 5.92 Å². The van der Waals surface area contributed by atoms with Crippen molar-refractivity contribution in [1.82, 2.24) is 0 Å². The lowest BCUT2D eigenvalue weighted by molar-refractivity contribution is -0.137. The second-order valence-electron chi connectivity index (χ2n) is 9.29. The molecule has 30 heavy (non-hydrogen) atoms. The van der Waals surface area contributed by atoms with E-state index in [1.807, 2.05) is 0 Å². The monoisotopic (exact) mass is 406 g/mol.